The molecule has 0 aliphatic carbocycles. The molecule has 2 rings (SSSR count). The molecule has 1 saturated heterocycles. The van der Waals surface area contributed by atoms with Crippen LogP contribution in [0.15, 0.2) is 18.2 Å². The van der Waals surface area contributed by atoms with Gasteiger partial charge in [-0.1, -0.05) is 17.7 Å². The van der Waals surface area contributed by atoms with Gasteiger partial charge >= 0.3 is 0 Å². The van der Waals surface area contributed by atoms with Crippen molar-refractivity contribution in [1.82, 2.24) is 5.32 Å². The van der Waals surface area contributed by atoms with Crippen LogP contribution in [0.1, 0.15) is 31.4 Å². The standard InChI is InChI=1S/C13H17ClFNS/c1-9(16-11-4-6-17-7-5-11)12-3-2-10(15)8-13(12)14/h2-3,8-9,11,16H,4-7H2,1H3. The zero-order valence-corrected chi connectivity index (χ0v) is 11.5. The van der Waals surface area contributed by atoms with Gasteiger partial charge in [0.05, 0.1) is 0 Å². The van der Waals surface area contributed by atoms with Crippen LogP contribution in [0.5, 0.6) is 0 Å². The molecule has 1 aromatic carbocycles. The van der Waals surface area contributed by atoms with Gasteiger partial charge in [0.15, 0.2) is 0 Å². The molecule has 1 aliphatic rings. The van der Waals surface area contributed by atoms with Crippen LogP contribution in [0, 0.1) is 5.82 Å². The van der Waals surface area contributed by atoms with Crippen molar-refractivity contribution in [3.05, 3.63) is 34.6 Å². The summed E-state index contributed by atoms with van der Waals surface area (Å²) in [6, 6.07) is 5.36. The summed E-state index contributed by atoms with van der Waals surface area (Å²) in [4.78, 5) is 0. The lowest BCUT2D eigenvalue weighted by Gasteiger charge is -2.27. The van der Waals surface area contributed by atoms with Gasteiger partial charge in [-0.15, -0.1) is 0 Å². The van der Waals surface area contributed by atoms with Crippen molar-refractivity contribution in [1.29, 1.82) is 0 Å². The maximum atomic E-state index is 13.0. The van der Waals surface area contributed by atoms with Gasteiger partial charge in [-0.25, -0.2) is 4.39 Å². The molecule has 0 radical (unpaired) electrons. The third kappa shape index (κ3) is 3.60. The molecule has 94 valence electrons. The molecule has 0 bridgehead atoms. The predicted molar refractivity (Wildman–Crippen MR) is 73.3 cm³/mol. The second kappa shape index (κ2) is 6.07. The summed E-state index contributed by atoms with van der Waals surface area (Å²) in [7, 11) is 0. The first-order valence-electron chi connectivity index (χ1n) is 5.95. The van der Waals surface area contributed by atoms with E-state index in [1.165, 1.54) is 36.5 Å². The molecule has 1 heterocycles. The summed E-state index contributed by atoms with van der Waals surface area (Å²) in [5.41, 5.74) is 0.978. The minimum atomic E-state index is -0.278. The summed E-state index contributed by atoms with van der Waals surface area (Å²) in [6.45, 7) is 2.08. The largest absolute Gasteiger partial charge is 0.307 e. The lowest BCUT2D eigenvalue weighted by molar-refractivity contribution is 0.431. The van der Waals surface area contributed by atoms with E-state index in [0.717, 1.165) is 5.56 Å². The van der Waals surface area contributed by atoms with Gasteiger partial charge in [-0.2, -0.15) is 11.8 Å². The van der Waals surface area contributed by atoms with Gasteiger partial charge in [0, 0.05) is 17.1 Å². The molecule has 1 nitrogen and oxygen atoms in total. The SMILES string of the molecule is CC(NC1CCSCC1)c1ccc(F)cc1Cl. The first-order chi connectivity index (χ1) is 8.16. The van der Waals surface area contributed by atoms with Crippen LogP contribution in [0.4, 0.5) is 4.39 Å². The monoisotopic (exact) mass is 273 g/mol. The number of hydrogen-bond acceptors (Lipinski definition) is 2. The number of nitrogens with one attached hydrogen (secondary N) is 1. The van der Waals surface area contributed by atoms with Crippen LogP contribution in [0.25, 0.3) is 0 Å². The lowest BCUT2D eigenvalue weighted by Crippen LogP contribution is -2.34. The summed E-state index contributed by atoms with van der Waals surface area (Å²) in [6.07, 6.45) is 2.40. The van der Waals surface area contributed by atoms with Crippen molar-refractivity contribution in [2.24, 2.45) is 0 Å². The number of thioether (sulfide) groups is 1. The summed E-state index contributed by atoms with van der Waals surface area (Å²) in [5.74, 6) is 2.17. The Morgan fingerprint density at radius 2 is 2.12 bits per heavy atom. The highest BCUT2D eigenvalue weighted by Crippen LogP contribution is 2.26. The lowest BCUT2D eigenvalue weighted by atomic mass is 10.1. The quantitative estimate of drug-likeness (QED) is 0.893. The molecule has 1 fully saturated rings. The van der Waals surface area contributed by atoms with Crippen molar-refractivity contribution in [3.8, 4) is 0 Å². The van der Waals surface area contributed by atoms with Gasteiger partial charge in [0.25, 0.3) is 0 Å². The topological polar surface area (TPSA) is 12.0 Å². The van der Waals surface area contributed by atoms with E-state index in [-0.39, 0.29) is 11.9 Å². The van der Waals surface area contributed by atoms with Crippen LogP contribution in [0.3, 0.4) is 0 Å². The maximum absolute atomic E-state index is 13.0. The minimum absolute atomic E-state index is 0.177. The number of benzene rings is 1. The van der Waals surface area contributed by atoms with E-state index in [4.69, 9.17) is 11.6 Å². The normalized spacial score (nSPS) is 19.2. The molecule has 1 atom stereocenters. The number of rotatable bonds is 3. The Bertz CT molecular complexity index is 380. The fraction of sp³-hybridized carbons (Fsp3) is 0.538. The summed E-state index contributed by atoms with van der Waals surface area (Å²) in [5, 5.41) is 4.08. The van der Waals surface area contributed by atoms with E-state index >= 15 is 0 Å². The molecule has 1 N–H and O–H groups in total. The van der Waals surface area contributed by atoms with Crippen molar-refractivity contribution in [3.63, 3.8) is 0 Å². The molecule has 0 saturated carbocycles. The Balaban J connectivity index is 2.00. The van der Waals surface area contributed by atoms with E-state index in [0.29, 0.717) is 11.1 Å². The minimum Gasteiger partial charge on any atom is -0.307 e. The summed E-state index contributed by atoms with van der Waals surface area (Å²) >= 11 is 8.07. The Kier molecular flexibility index (Phi) is 4.71. The van der Waals surface area contributed by atoms with Gasteiger partial charge in [-0.05, 0) is 49.0 Å². The zero-order chi connectivity index (χ0) is 12.3. The van der Waals surface area contributed by atoms with E-state index in [2.05, 4.69) is 12.2 Å². The van der Waals surface area contributed by atoms with Gasteiger partial charge < -0.3 is 5.32 Å². The third-order valence-electron chi connectivity index (χ3n) is 3.14. The van der Waals surface area contributed by atoms with E-state index < -0.39 is 0 Å². The van der Waals surface area contributed by atoms with Crippen LogP contribution >= 0.6 is 23.4 Å². The van der Waals surface area contributed by atoms with Gasteiger partial charge in [0.2, 0.25) is 0 Å². The van der Waals surface area contributed by atoms with E-state index in [1.54, 1.807) is 6.07 Å². The van der Waals surface area contributed by atoms with Crippen LogP contribution in [-0.4, -0.2) is 17.5 Å². The van der Waals surface area contributed by atoms with Crippen molar-refractivity contribution < 1.29 is 4.39 Å². The van der Waals surface area contributed by atoms with Crippen molar-refractivity contribution in [2.45, 2.75) is 31.8 Å². The predicted octanol–water partition coefficient (Wildman–Crippen LogP) is 4.03. The molecule has 1 unspecified atom stereocenters. The second-order valence-corrected chi connectivity index (χ2v) is 6.07. The Labute approximate surface area is 111 Å². The van der Waals surface area contributed by atoms with Crippen LogP contribution in [0.2, 0.25) is 5.02 Å². The second-order valence-electron chi connectivity index (χ2n) is 4.44. The van der Waals surface area contributed by atoms with Gasteiger partial charge in [-0.3, -0.25) is 0 Å². The van der Waals surface area contributed by atoms with Crippen molar-refractivity contribution >= 4 is 23.4 Å². The highest BCUT2D eigenvalue weighted by molar-refractivity contribution is 7.99. The number of halogens is 2. The Hall–Kier alpha value is -0.250. The van der Waals surface area contributed by atoms with Gasteiger partial charge in [0.1, 0.15) is 5.82 Å². The van der Waals surface area contributed by atoms with Crippen LogP contribution in [-0.2, 0) is 0 Å². The highest BCUT2D eigenvalue weighted by Gasteiger charge is 2.18. The fourth-order valence-corrected chi connectivity index (χ4v) is 3.60. The number of hydrogen-bond donors (Lipinski definition) is 1. The molecule has 0 aromatic heterocycles. The maximum Gasteiger partial charge on any atom is 0.124 e. The fourth-order valence-electron chi connectivity index (χ4n) is 2.16. The third-order valence-corrected chi connectivity index (χ3v) is 4.51. The molecule has 0 spiro atoms. The highest BCUT2D eigenvalue weighted by atomic mass is 35.5. The molecular formula is C13H17ClFNS. The molecule has 17 heavy (non-hydrogen) atoms. The zero-order valence-electron chi connectivity index (χ0n) is 9.88. The molecule has 1 aliphatic heterocycles. The molecule has 0 amide bonds. The summed E-state index contributed by atoms with van der Waals surface area (Å²) < 4.78 is 13.0. The van der Waals surface area contributed by atoms with E-state index in [9.17, 15) is 4.39 Å². The van der Waals surface area contributed by atoms with Crippen LogP contribution < -0.4 is 5.32 Å². The van der Waals surface area contributed by atoms with Crippen molar-refractivity contribution in [2.75, 3.05) is 11.5 Å². The van der Waals surface area contributed by atoms with E-state index in [1.807, 2.05) is 11.8 Å². The Morgan fingerprint density at radius 1 is 1.41 bits per heavy atom. The first kappa shape index (κ1) is 13.2. The molecule has 1 aromatic rings. The first-order valence-corrected chi connectivity index (χ1v) is 7.49. The Morgan fingerprint density at radius 3 is 2.76 bits per heavy atom. The average Bonchev–Trinajstić information content (AvgIpc) is 2.30. The molecular weight excluding hydrogens is 257 g/mol. The smallest absolute Gasteiger partial charge is 0.124 e. The molecule has 4 heteroatoms. The average molecular weight is 274 g/mol.